The lowest BCUT2D eigenvalue weighted by molar-refractivity contribution is 0.0953. The van der Waals surface area contributed by atoms with Gasteiger partial charge in [0.2, 0.25) is 5.78 Å². The van der Waals surface area contributed by atoms with Gasteiger partial charge in [0.25, 0.3) is 0 Å². The highest BCUT2D eigenvalue weighted by atomic mass is 16.3. The first-order valence-electron chi connectivity index (χ1n) is 6.06. The number of hydrogen-bond acceptors (Lipinski definition) is 3. The number of ketones is 2. The minimum absolute atomic E-state index is 0.0575. The van der Waals surface area contributed by atoms with E-state index in [0.717, 1.165) is 12.0 Å². The third kappa shape index (κ3) is 1.86. The molecular formula is C15H16O3. The van der Waals surface area contributed by atoms with Crippen LogP contribution < -0.4 is 0 Å². The van der Waals surface area contributed by atoms with Crippen molar-refractivity contribution in [2.24, 2.45) is 0 Å². The topological polar surface area (TPSA) is 47.3 Å². The molecule has 94 valence electrons. The van der Waals surface area contributed by atoms with E-state index < -0.39 is 0 Å². The third-order valence-electron chi connectivity index (χ3n) is 3.27. The molecule has 0 N–H and O–H groups in total. The van der Waals surface area contributed by atoms with Crippen molar-refractivity contribution >= 4 is 11.6 Å². The van der Waals surface area contributed by atoms with Gasteiger partial charge in [-0.3, -0.25) is 9.59 Å². The Hall–Kier alpha value is -1.90. The average Bonchev–Trinajstić information content (AvgIpc) is 2.73. The first-order valence-corrected chi connectivity index (χ1v) is 6.06. The van der Waals surface area contributed by atoms with E-state index >= 15 is 0 Å². The molecule has 0 fully saturated rings. The lowest BCUT2D eigenvalue weighted by Gasteiger charge is -2.15. The minimum Gasteiger partial charge on any atom is -0.460 e. The summed E-state index contributed by atoms with van der Waals surface area (Å²) < 4.78 is 5.20. The van der Waals surface area contributed by atoms with Crippen LogP contribution in [0.15, 0.2) is 34.0 Å². The Morgan fingerprint density at radius 3 is 2.61 bits per heavy atom. The largest absolute Gasteiger partial charge is 0.460 e. The van der Waals surface area contributed by atoms with Crippen molar-refractivity contribution in [2.45, 2.75) is 33.6 Å². The van der Waals surface area contributed by atoms with E-state index in [1.165, 1.54) is 6.26 Å². The molecule has 0 saturated carbocycles. The van der Waals surface area contributed by atoms with Crippen LogP contribution in [0.3, 0.4) is 0 Å². The molecule has 3 heteroatoms. The van der Waals surface area contributed by atoms with Gasteiger partial charge in [-0.25, -0.2) is 0 Å². The van der Waals surface area contributed by atoms with Crippen molar-refractivity contribution in [3.8, 4) is 0 Å². The van der Waals surface area contributed by atoms with Crippen LogP contribution in [0.1, 0.15) is 53.2 Å². The summed E-state index contributed by atoms with van der Waals surface area (Å²) >= 11 is 0. The quantitative estimate of drug-likeness (QED) is 0.762. The average molecular weight is 244 g/mol. The Morgan fingerprint density at radius 2 is 1.94 bits per heavy atom. The molecule has 1 aromatic heterocycles. The van der Waals surface area contributed by atoms with E-state index in [4.69, 9.17) is 4.42 Å². The number of aryl methyl sites for hydroxylation is 1. The van der Waals surface area contributed by atoms with Crippen LogP contribution in [0.25, 0.3) is 0 Å². The Labute approximate surface area is 106 Å². The Bertz CT molecular complexity index is 571. The summed E-state index contributed by atoms with van der Waals surface area (Å²) in [6, 6.07) is 0. The molecule has 0 spiro atoms. The molecule has 18 heavy (non-hydrogen) atoms. The summed E-state index contributed by atoms with van der Waals surface area (Å²) in [7, 11) is 0. The number of hydrogen-bond donors (Lipinski definition) is 0. The maximum absolute atomic E-state index is 12.4. The highest BCUT2D eigenvalue weighted by Gasteiger charge is 2.33. The summed E-state index contributed by atoms with van der Waals surface area (Å²) in [5.74, 6) is -0.0178. The molecule has 2 rings (SSSR count). The van der Waals surface area contributed by atoms with Gasteiger partial charge < -0.3 is 4.42 Å². The normalized spacial score (nSPS) is 15.7. The zero-order chi connectivity index (χ0) is 13.3. The minimum atomic E-state index is -0.159. The Morgan fingerprint density at radius 1 is 1.22 bits per heavy atom. The van der Waals surface area contributed by atoms with E-state index in [2.05, 4.69) is 0 Å². The number of allylic oxidation sites excluding steroid dienone is 4. The summed E-state index contributed by atoms with van der Waals surface area (Å²) in [5, 5.41) is 0. The van der Waals surface area contributed by atoms with E-state index in [9.17, 15) is 9.59 Å². The first kappa shape index (κ1) is 12.6. The number of Topliss-reactive ketones (excluding diaryl/α,β-unsaturated/α-hetero) is 2. The van der Waals surface area contributed by atoms with Crippen molar-refractivity contribution in [1.82, 2.24) is 0 Å². The highest BCUT2D eigenvalue weighted by Crippen LogP contribution is 2.31. The molecule has 3 nitrogen and oxygen atoms in total. The van der Waals surface area contributed by atoms with Gasteiger partial charge in [-0.05, 0) is 39.2 Å². The van der Waals surface area contributed by atoms with E-state index in [-0.39, 0.29) is 17.3 Å². The third-order valence-corrected chi connectivity index (χ3v) is 3.27. The van der Waals surface area contributed by atoms with Crippen LogP contribution in [-0.2, 0) is 0 Å². The molecule has 1 aliphatic carbocycles. The van der Waals surface area contributed by atoms with Gasteiger partial charge in [0.1, 0.15) is 0 Å². The summed E-state index contributed by atoms with van der Waals surface area (Å²) in [6.45, 7) is 5.43. The van der Waals surface area contributed by atoms with Crippen molar-refractivity contribution in [3.05, 3.63) is 46.4 Å². The van der Waals surface area contributed by atoms with Crippen molar-refractivity contribution in [1.29, 1.82) is 0 Å². The first-order chi connectivity index (χ1) is 8.57. The lowest BCUT2D eigenvalue weighted by Crippen LogP contribution is -2.20. The van der Waals surface area contributed by atoms with Gasteiger partial charge >= 0.3 is 0 Å². The van der Waals surface area contributed by atoms with Crippen molar-refractivity contribution < 1.29 is 14.0 Å². The van der Waals surface area contributed by atoms with E-state index in [1.54, 1.807) is 13.8 Å². The molecule has 0 unspecified atom stereocenters. The molecule has 1 aromatic rings. The molecule has 0 bridgehead atoms. The molecule has 0 amide bonds. The summed E-state index contributed by atoms with van der Waals surface area (Å²) in [4.78, 5) is 24.5. The van der Waals surface area contributed by atoms with Crippen LogP contribution in [0.5, 0.6) is 0 Å². The predicted octanol–water partition coefficient (Wildman–Crippen LogP) is 3.64. The fourth-order valence-electron chi connectivity index (χ4n) is 2.22. The molecule has 0 aromatic carbocycles. The standard InChI is InChI=1S/C15H16O3/c1-4-5-6-7-11-10(3)13(16)15-12(14(11)17)9(2)8-18-15/h4-5,8H,6-7H2,1-3H3/b5-4+. The number of carbonyl (C=O) groups excluding carboxylic acids is 2. The second kappa shape index (κ2) is 4.77. The molecule has 0 radical (unpaired) electrons. The summed E-state index contributed by atoms with van der Waals surface area (Å²) in [5.41, 5.74) is 2.32. The molecular weight excluding hydrogens is 228 g/mol. The lowest BCUT2D eigenvalue weighted by atomic mass is 9.85. The molecule has 0 saturated heterocycles. The Balaban J connectivity index is 2.41. The van der Waals surface area contributed by atoms with Crippen LogP contribution in [-0.4, -0.2) is 11.6 Å². The highest BCUT2D eigenvalue weighted by molar-refractivity contribution is 6.26. The molecule has 0 aliphatic heterocycles. The van der Waals surface area contributed by atoms with Crippen LogP contribution in [0.2, 0.25) is 0 Å². The van der Waals surface area contributed by atoms with Crippen molar-refractivity contribution in [2.75, 3.05) is 0 Å². The van der Waals surface area contributed by atoms with Gasteiger partial charge in [-0.1, -0.05) is 12.2 Å². The zero-order valence-electron chi connectivity index (χ0n) is 10.9. The zero-order valence-corrected chi connectivity index (χ0v) is 10.9. The SMILES string of the molecule is C/C=C/CCC1=C(C)C(=O)c2occ(C)c2C1=O. The number of fused-ring (bicyclic) bond motifs is 1. The molecule has 0 atom stereocenters. The van der Waals surface area contributed by atoms with Crippen LogP contribution in [0, 0.1) is 6.92 Å². The van der Waals surface area contributed by atoms with Crippen LogP contribution in [0.4, 0.5) is 0 Å². The van der Waals surface area contributed by atoms with Gasteiger partial charge in [0.05, 0.1) is 11.8 Å². The van der Waals surface area contributed by atoms with E-state index in [0.29, 0.717) is 23.1 Å². The van der Waals surface area contributed by atoms with Crippen molar-refractivity contribution in [3.63, 3.8) is 0 Å². The number of furan rings is 1. The maximum Gasteiger partial charge on any atom is 0.225 e. The second-order valence-corrected chi connectivity index (χ2v) is 4.49. The smallest absolute Gasteiger partial charge is 0.225 e. The molecule has 1 aliphatic rings. The summed E-state index contributed by atoms with van der Waals surface area (Å²) in [6.07, 6.45) is 6.79. The number of carbonyl (C=O) groups is 2. The maximum atomic E-state index is 12.4. The van der Waals surface area contributed by atoms with Gasteiger partial charge in [0, 0.05) is 11.1 Å². The second-order valence-electron chi connectivity index (χ2n) is 4.49. The van der Waals surface area contributed by atoms with Gasteiger partial charge in [0.15, 0.2) is 11.5 Å². The van der Waals surface area contributed by atoms with Gasteiger partial charge in [-0.2, -0.15) is 0 Å². The fraction of sp³-hybridized carbons (Fsp3) is 0.333. The Kier molecular flexibility index (Phi) is 3.32. The van der Waals surface area contributed by atoms with E-state index in [1.807, 2.05) is 19.1 Å². The fourth-order valence-corrected chi connectivity index (χ4v) is 2.22. The van der Waals surface area contributed by atoms with Gasteiger partial charge in [-0.15, -0.1) is 0 Å². The number of rotatable bonds is 3. The van der Waals surface area contributed by atoms with Crippen LogP contribution >= 0.6 is 0 Å². The monoisotopic (exact) mass is 244 g/mol. The predicted molar refractivity (Wildman–Crippen MR) is 68.9 cm³/mol. The molecule has 1 heterocycles.